The van der Waals surface area contributed by atoms with Gasteiger partial charge < -0.3 is 5.73 Å². The summed E-state index contributed by atoms with van der Waals surface area (Å²) >= 11 is 0. The number of rotatable bonds is 5. The van der Waals surface area contributed by atoms with Crippen molar-refractivity contribution in [2.24, 2.45) is 11.7 Å². The summed E-state index contributed by atoms with van der Waals surface area (Å²) in [6.45, 7) is 2.77. The molecule has 0 unspecified atom stereocenters. The topological polar surface area (TPSA) is 77.0 Å². The molecule has 1 aromatic carbocycles. The Morgan fingerprint density at radius 3 is 2.64 bits per heavy atom. The molecule has 0 bridgehead atoms. The zero-order chi connectivity index (χ0) is 15.4. The monoisotopic (exact) mass is 299 g/mol. The van der Waals surface area contributed by atoms with Crippen LogP contribution in [0.1, 0.15) is 25.0 Å². The summed E-state index contributed by atoms with van der Waals surface area (Å²) in [6, 6.07) is 9.89. The molecule has 6 heteroatoms. The van der Waals surface area contributed by atoms with E-state index < -0.39 is 0 Å². The van der Waals surface area contributed by atoms with Gasteiger partial charge in [-0.2, -0.15) is 15.0 Å². The summed E-state index contributed by atoms with van der Waals surface area (Å²) in [5, 5.41) is 8.86. The van der Waals surface area contributed by atoms with E-state index in [0.717, 1.165) is 43.9 Å². The Kier molecular flexibility index (Phi) is 4.48. The number of amides is 1. The smallest absolute Gasteiger partial charge is 0.217 e. The Morgan fingerprint density at radius 2 is 1.95 bits per heavy atom. The van der Waals surface area contributed by atoms with E-state index in [-0.39, 0.29) is 5.91 Å². The molecular formula is C16H21N5O. The fraction of sp³-hybridized carbons (Fsp3) is 0.438. The maximum Gasteiger partial charge on any atom is 0.217 e. The van der Waals surface area contributed by atoms with Gasteiger partial charge in [-0.3, -0.25) is 9.69 Å². The van der Waals surface area contributed by atoms with Gasteiger partial charge in [0.25, 0.3) is 0 Å². The van der Waals surface area contributed by atoms with Gasteiger partial charge in [0.1, 0.15) is 0 Å². The lowest BCUT2D eigenvalue weighted by atomic mass is 9.93. The van der Waals surface area contributed by atoms with E-state index in [4.69, 9.17) is 5.73 Å². The molecule has 3 rings (SSSR count). The Labute approximate surface area is 129 Å². The van der Waals surface area contributed by atoms with Gasteiger partial charge in [-0.1, -0.05) is 18.2 Å². The van der Waals surface area contributed by atoms with Crippen LogP contribution >= 0.6 is 0 Å². The van der Waals surface area contributed by atoms with Crippen molar-refractivity contribution in [3.63, 3.8) is 0 Å². The molecular weight excluding hydrogens is 278 g/mol. The zero-order valence-electron chi connectivity index (χ0n) is 12.6. The molecule has 0 atom stereocenters. The molecule has 1 aromatic heterocycles. The zero-order valence-corrected chi connectivity index (χ0v) is 12.6. The van der Waals surface area contributed by atoms with Crippen LogP contribution in [0.2, 0.25) is 0 Å². The van der Waals surface area contributed by atoms with Crippen LogP contribution in [0.4, 0.5) is 0 Å². The van der Waals surface area contributed by atoms with Crippen molar-refractivity contribution in [1.29, 1.82) is 0 Å². The molecule has 2 N–H and O–H groups in total. The molecule has 0 saturated carbocycles. The van der Waals surface area contributed by atoms with Gasteiger partial charge in [0.05, 0.1) is 17.6 Å². The Hall–Kier alpha value is -2.21. The van der Waals surface area contributed by atoms with Crippen LogP contribution in [0.15, 0.2) is 36.5 Å². The first kappa shape index (κ1) is 14.7. The predicted molar refractivity (Wildman–Crippen MR) is 83.2 cm³/mol. The first-order chi connectivity index (χ1) is 10.7. The van der Waals surface area contributed by atoms with Gasteiger partial charge in [-0.25, -0.2) is 0 Å². The highest BCUT2D eigenvalue weighted by Gasteiger charge is 2.21. The number of likely N-dealkylation sites (tertiary alicyclic amines) is 1. The van der Waals surface area contributed by atoms with Crippen molar-refractivity contribution in [3.05, 3.63) is 42.2 Å². The summed E-state index contributed by atoms with van der Waals surface area (Å²) in [7, 11) is 0. The van der Waals surface area contributed by atoms with E-state index in [1.807, 2.05) is 36.5 Å². The number of carbonyl (C=O) groups excluding carboxylic acids is 1. The number of nitrogens with zero attached hydrogens (tertiary/aromatic N) is 4. The summed E-state index contributed by atoms with van der Waals surface area (Å²) in [4.78, 5) is 15.0. The minimum atomic E-state index is -0.191. The van der Waals surface area contributed by atoms with Crippen molar-refractivity contribution in [2.75, 3.05) is 13.1 Å². The molecule has 0 radical (unpaired) electrons. The first-order valence-corrected chi connectivity index (χ1v) is 7.68. The van der Waals surface area contributed by atoms with Gasteiger partial charge in [0.2, 0.25) is 5.91 Å². The van der Waals surface area contributed by atoms with Crippen LogP contribution in [0, 0.1) is 5.92 Å². The number of piperidine rings is 1. The predicted octanol–water partition coefficient (Wildman–Crippen LogP) is 1.35. The summed E-state index contributed by atoms with van der Waals surface area (Å²) in [6.07, 6.45) is 4.38. The van der Waals surface area contributed by atoms with E-state index in [1.54, 1.807) is 4.80 Å². The molecule has 1 fully saturated rings. The van der Waals surface area contributed by atoms with Crippen molar-refractivity contribution in [2.45, 2.75) is 25.8 Å². The molecule has 2 heterocycles. The van der Waals surface area contributed by atoms with E-state index >= 15 is 0 Å². The normalized spacial score (nSPS) is 16.7. The van der Waals surface area contributed by atoms with Crippen LogP contribution in [0.25, 0.3) is 5.69 Å². The maximum atomic E-state index is 11.0. The van der Waals surface area contributed by atoms with Crippen LogP contribution in [-0.4, -0.2) is 38.9 Å². The second kappa shape index (κ2) is 6.70. The van der Waals surface area contributed by atoms with Crippen molar-refractivity contribution in [1.82, 2.24) is 19.9 Å². The fourth-order valence-electron chi connectivity index (χ4n) is 2.92. The highest BCUT2D eigenvalue weighted by atomic mass is 16.1. The number of para-hydroxylation sites is 1. The van der Waals surface area contributed by atoms with E-state index in [2.05, 4.69) is 15.1 Å². The van der Waals surface area contributed by atoms with Crippen molar-refractivity contribution in [3.8, 4) is 5.69 Å². The van der Waals surface area contributed by atoms with Crippen LogP contribution < -0.4 is 5.73 Å². The summed E-state index contributed by atoms with van der Waals surface area (Å²) in [5.41, 5.74) is 7.20. The number of hydrogen-bond donors (Lipinski definition) is 1. The largest absolute Gasteiger partial charge is 0.370 e. The summed E-state index contributed by atoms with van der Waals surface area (Å²) in [5.74, 6) is 0.248. The van der Waals surface area contributed by atoms with Gasteiger partial charge in [-0.15, -0.1) is 0 Å². The minimum absolute atomic E-state index is 0.191. The number of benzene rings is 1. The number of primary amides is 1. The molecule has 1 saturated heterocycles. The lowest BCUT2D eigenvalue weighted by Gasteiger charge is -2.30. The number of hydrogen-bond acceptors (Lipinski definition) is 4. The van der Waals surface area contributed by atoms with Gasteiger partial charge in [-0.05, 0) is 44.0 Å². The SMILES string of the molecule is NC(=O)CC1CCN(Cc2cnn(-c3ccccc3)n2)CC1. The molecule has 0 aliphatic carbocycles. The summed E-state index contributed by atoms with van der Waals surface area (Å²) < 4.78 is 0. The number of carbonyl (C=O) groups is 1. The number of nitrogens with two attached hydrogens (primary N) is 1. The van der Waals surface area contributed by atoms with Crippen LogP contribution in [-0.2, 0) is 11.3 Å². The third-order valence-electron chi connectivity index (χ3n) is 4.11. The lowest BCUT2D eigenvalue weighted by Crippen LogP contribution is -2.34. The Balaban J connectivity index is 1.55. The third kappa shape index (κ3) is 3.71. The second-order valence-electron chi connectivity index (χ2n) is 5.85. The van der Waals surface area contributed by atoms with E-state index in [1.165, 1.54) is 0 Å². The lowest BCUT2D eigenvalue weighted by molar-refractivity contribution is -0.119. The molecule has 1 aliphatic rings. The fourth-order valence-corrected chi connectivity index (χ4v) is 2.92. The van der Waals surface area contributed by atoms with E-state index in [0.29, 0.717) is 12.3 Å². The first-order valence-electron chi connectivity index (χ1n) is 7.68. The van der Waals surface area contributed by atoms with Crippen molar-refractivity contribution < 1.29 is 4.79 Å². The molecule has 6 nitrogen and oxygen atoms in total. The minimum Gasteiger partial charge on any atom is -0.370 e. The van der Waals surface area contributed by atoms with Gasteiger partial charge in [0.15, 0.2) is 0 Å². The third-order valence-corrected chi connectivity index (χ3v) is 4.11. The molecule has 22 heavy (non-hydrogen) atoms. The van der Waals surface area contributed by atoms with Crippen molar-refractivity contribution >= 4 is 5.91 Å². The van der Waals surface area contributed by atoms with Gasteiger partial charge in [0, 0.05) is 13.0 Å². The highest BCUT2D eigenvalue weighted by Crippen LogP contribution is 2.21. The Bertz CT molecular complexity index is 616. The highest BCUT2D eigenvalue weighted by molar-refractivity contribution is 5.73. The molecule has 116 valence electrons. The second-order valence-corrected chi connectivity index (χ2v) is 5.85. The van der Waals surface area contributed by atoms with Crippen LogP contribution in [0.3, 0.4) is 0 Å². The Morgan fingerprint density at radius 1 is 1.23 bits per heavy atom. The quantitative estimate of drug-likeness (QED) is 0.904. The molecule has 0 spiro atoms. The average molecular weight is 299 g/mol. The van der Waals surface area contributed by atoms with Gasteiger partial charge >= 0.3 is 0 Å². The van der Waals surface area contributed by atoms with Crippen LogP contribution in [0.5, 0.6) is 0 Å². The van der Waals surface area contributed by atoms with E-state index in [9.17, 15) is 4.79 Å². The molecule has 1 amide bonds. The molecule has 1 aliphatic heterocycles. The maximum absolute atomic E-state index is 11.0. The number of aromatic nitrogens is 3. The molecule has 2 aromatic rings. The standard InChI is InChI=1S/C16H21N5O/c17-16(22)10-13-6-8-20(9-7-13)12-14-11-18-21(19-14)15-4-2-1-3-5-15/h1-5,11,13H,6-10,12H2,(H2,17,22). The average Bonchev–Trinajstić information content (AvgIpc) is 2.98.